The highest BCUT2D eigenvalue weighted by molar-refractivity contribution is 5.71. The average Bonchev–Trinajstić information content (AvgIpc) is 3.09. The zero-order chi connectivity index (χ0) is 16.4. The second-order valence-electron chi connectivity index (χ2n) is 7.06. The van der Waals surface area contributed by atoms with Crippen LogP contribution in [0.15, 0.2) is 0 Å². The maximum Gasteiger partial charge on any atom is 0.410 e. The molecule has 126 valence electrons. The van der Waals surface area contributed by atoms with E-state index in [0.29, 0.717) is 32.2 Å². The average molecular weight is 313 g/mol. The van der Waals surface area contributed by atoms with E-state index in [-0.39, 0.29) is 11.5 Å². The zero-order valence-electron chi connectivity index (χ0n) is 13.7. The van der Waals surface area contributed by atoms with Crippen LogP contribution >= 0.6 is 0 Å². The number of primary amides is 1. The number of likely N-dealkylation sites (tertiary alicyclic amines) is 1. The maximum absolute atomic E-state index is 12.2. The van der Waals surface area contributed by atoms with Crippen molar-refractivity contribution in [1.29, 1.82) is 0 Å². The Hall–Kier alpha value is -1.50. The van der Waals surface area contributed by atoms with E-state index in [9.17, 15) is 9.59 Å². The highest BCUT2D eigenvalue weighted by atomic mass is 16.6. The molecule has 1 aliphatic heterocycles. The molecule has 1 saturated carbocycles. The summed E-state index contributed by atoms with van der Waals surface area (Å²) in [7, 11) is 1.59. The lowest BCUT2D eigenvalue weighted by Crippen LogP contribution is -2.44. The number of carbonyl (C=O) groups is 2. The van der Waals surface area contributed by atoms with Gasteiger partial charge in [-0.05, 0) is 44.4 Å². The van der Waals surface area contributed by atoms with Gasteiger partial charge in [0.15, 0.2) is 0 Å². The summed E-state index contributed by atoms with van der Waals surface area (Å²) in [6.07, 6.45) is 2.74. The summed E-state index contributed by atoms with van der Waals surface area (Å²) in [5.74, 6) is 0.489. The van der Waals surface area contributed by atoms with Crippen molar-refractivity contribution in [2.75, 3.05) is 33.4 Å². The van der Waals surface area contributed by atoms with E-state index in [1.807, 2.05) is 13.8 Å². The molecule has 3 amide bonds. The fraction of sp³-hybridized carbons (Fsp3) is 0.867. The third kappa shape index (κ3) is 4.03. The first-order valence-electron chi connectivity index (χ1n) is 7.78. The van der Waals surface area contributed by atoms with E-state index in [4.69, 9.17) is 15.2 Å². The molecule has 22 heavy (non-hydrogen) atoms. The molecule has 0 aromatic rings. The van der Waals surface area contributed by atoms with Crippen molar-refractivity contribution >= 4 is 12.1 Å². The Morgan fingerprint density at radius 2 is 2.00 bits per heavy atom. The monoisotopic (exact) mass is 313 g/mol. The number of amides is 3. The Morgan fingerprint density at radius 1 is 1.36 bits per heavy atom. The standard InChI is InChI=1S/C15H27N3O4/c1-14(2,10-21-3)22-13(20)18-6-4-15(5-7-18)8-11(15)9-17-12(16)19/h11H,4-10H2,1-3H3,(H3,16,17,19). The van der Waals surface area contributed by atoms with Crippen LogP contribution < -0.4 is 11.1 Å². The van der Waals surface area contributed by atoms with E-state index in [0.717, 1.165) is 19.3 Å². The van der Waals surface area contributed by atoms with Crippen molar-refractivity contribution < 1.29 is 19.1 Å². The van der Waals surface area contributed by atoms with Crippen LogP contribution in [0, 0.1) is 11.3 Å². The molecule has 1 aliphatic carbocycles. The van der Waals surface area contributed by atoms with E-state index >= 15 is 0 Å². The van der Waals surface area contributed by atoms with Gasteiger partial charge in [-0.25, -0.2) is 9.59 Å². The van der Waals surface area contributed by atoms with Crippen LogP contribution in [0.1, 0.15) is 33.1 Å². The van der Waals surface area contributed by atoms with Crippen LogP contribution in [0.3, 0.4) is 0 Å². The third-order valence-electron chi connectivity index (χ3n) is 4.75. The van der Waals surface area contributed by atoms with Gasteiger partial charge in [0.1, 0.15) is 5.60 Å². The van der Waals surface area contributed by atoms with Crippen molar-refractivity contribution in [3.8, 4) is 0 Å². The SMILES string of the molecule is COCC(C)(C)OC(=O)N1CCC2(CC1)CC2CNC(N)=O. The molecule has 1 unspecified atom stereocenters. The fourth-order valence-corrected chi connectivity index (χ4v) is 3.37. The van der Waals surface area contributed by atoms with Gasteiger partial charge in [-0.1, -0.05) is 0 Å². The number of nitrogens with one attached hydrogen (secondary N) is 1. The molecule has 0 aromatic carbocycles. The largest absolute Gasteiger partial charge is 0.441 e. The van der Waals surface area contributed by atoms with Gasteiger partial charge >= 0.3 is 12.1 Å². The summed E-state index contributed by atoms with van der Waals surface area (Å²) in [4.78, 5) is 24.7. The molecular weight excluding hydrogens is 286 g/mol. The lowest BCUT2D eigenvalue weighted by atomic mass is 9.91. The predicted molar refractivity (Wildman–Crippen MR) is 81.4 cm³/mol. The normalized spacial score (nSPS) is 23.2. The van der Waals surface area contributed by atoms with E-state index in [2.05, 4.69) is 5.32 Å². The topological polar surface area (TPSA) is 93.9 Å². The molecule has 2 rings (SSSR count). The first-order valence-corrected chi connectivity index (χ1v) is 7.78. The molecule has 1 saturated heterocycles. The van der Waals surface area contributed by atoms with Gasteiger partial charge < -0.3 is 25.4 Å². The minimum atomic E-state index is -0.617. The summed E-state index contributed by atoms with van der Waals surface area (Å²) in [6, 6.07) is -0.469. The van der Waals surface area contributed by atoms with E-state index < -0.39 is 11.6 Å². The molecule has 1 heterocycles. The molecule has 0 aromatic heterocycles. The van der Waals surface area contributed by atoms with Gasteiger partial charge in [0.25, 0.3) is 0 Å². The van der Waals surface area contributed by atoms with Gasteiger partial charge in [-0.2, -0.15) is 0 Å². The molecule has 3 N–H and O–H groups in total. The second-order valence-corrected chi connectivity index (χ2v) is 7.06. The van der Waals surface area contributed by atoms with E-state index in [1.165, 1.54) is 0 Å². The van der Waals surface area contributed by atoms with Crippen LogP contribution in [0.2, 0.25) is 0 Å². The third-order valence-corrected chi connectivity index (χ3v) is 4.75. The number of urea groups is 1. The number of carbonyl (C=O) groups excluding carboxylic acids is 2. The number of hydrogen-bond donors (Lipinski definition) is 2. The second kappa shape index (κ2) is 6.32. The van der Waals surface area contributed by atoms with Crippen molar-refractivity contribution in [2.45, 2.75) is 38.7 Å². The van der Waals surface area contributed by atoms with Gasteiger partial charge in [0, 0.05) is 26.7 Å². The summed E-state index contributed by atoms with van der Waals surface area (Å²) in [5.41, 5.74) is 4.76. The lowest BCUT2D eigenvalue weighted by molar-refractivity contribution is -0.0364. The van der Waals surface area contributed by atoms with Crippen LogP contribution in [0.25, 0.3) is 0 Å². The molecule has 7 heteroatoms. The Morgan fingerprint density at radius 3 is 2.55 bits per heavy atom. The number of rotatable bonds is 5. The van der Waals surface area contributed by atoms with Gasteiger partial charge in [0.2, 0.25) is 0 Å². The predicted octanol–water partition coefficient (Wildman–Crippen LogP) is 1.32. The Kier molecular flexibility index (Phi) is 4.84. The summed E-state index contributed by atoms with van der Waals surface area (Å²) < 4.78 is 10.6. The Labute approximate surface area is 131 Å². The highest BCUT2D eigenvalue weighted by Gasteiger charge is 2.55. The molecule has 2 fully saturated rings. The first kappa shape index (κ1) is 16.9. The molecular formula is C15H27N3O4. The van der Waals surface area contributed by atoms with Gasteiger partial charge in [0.05, 0.1) is 6.61 Å². The molecule has 0 bridgehead atoms. The minimum Gasteiger partial charge on any atom is -0.441 e. The molecule has 7 nitrogen and oxygen atoms in total. The van der Waals surface area contributed by atoms with Crippen LogP contribution in [-0.4, -0.2) is 56.0 Å². The summed E-state index contributed by atoms with van der Waals surface area (Å²) in [6.45, 7) is 6.10. The lowest BCUT2D eigenvalue weighted by Gasteiger charge is -2.35. The van der Waals surface area contributed by atoms with Crippen molar-refractivity contribution in [2.24, 2.45) is 17.1 Å². The highest BCUT2D eigenvalue weighted by Crippen LogP contribution is 2.59. The maximum atomic E-state index is 12.2. The van der Waals surface area contributed by atoms with Crippen LogP contribution in [-0.2, 0) is 9.47 Å². The van der Waals surface area contributed by atoms with Crippen molar-refractivity contribution in [1.82, 2.24) is 10.2 Å². The van der Waals surface area contributed by atoms with Crippen LogP contribution in [0.5, 0.6) is 0 Å². The number of ether oxygens (including phenoxy) is 2. The fourth-order valence-electron chi connectivity index (χ4n) is 3.37. The molecule has 1 atom stereocenters. The number of nitrogens with zero attached hydrogens (tertiary/aromatic N) is 1. The zero-order valence-corrected chi connectivity index (χ0v) is 13.7. The minimum absolute atomic E-state index is 0.274. The number of hydrogen-bond acceptors (Lipinski definition) is 4. The van der Waals surface area contributed by atoms with Crippen molar-refractivity contribution in [3.05, 3.63) is 0 Å². The summed E-state index contributed by atoms with van der Waals surface area (Å²) >= 11 is 0. The number of methoxy groups -OCH3 is 1. The van der Waals surface area contributed by atoms with E-state index in [1.54, 1.807) is 12.0 Å². The smallest absolute Gasteiger partial charge is 0.410 e. The quantitative estimate of drug-likeness (QED) is 0.800. The molecule has 2 aliphatic rings. The van der Waals surface area contributed by atoms with Crippen LogP contribution in [0.4, 0.5) is 9.59 Å². The number of nitrogens with two attached hydrogens (primary N) is 1. The van der Waals surface area contributed by atoms with Gasteiger partial charge in [-0.15, -0.1) is 0 Å². The molecule has 0 radical (unpaired) electrons. The van der Waals surface area contributed by atoms with Gasteiger partial charge in [-0.3, -0.25) is 0 Å². The Bertz CT molecular complexity index is 431. The summed E-state index contributed by atoms with van der Waals surface area (Å²) in [5, 5.41) is 2.68. The van der Waals surface area contributed by atoms with Crippen molar-refractivity contribution in [3.63, 3.8) is 0 Å². The number of piperidine rings is 1. The first-order chi connectivity index (χ1) is 10.3. The molecule has 1 spiro atoms. The Balaban J connectivity index is 1.76.